The molecule has 0 saturated heterocycles. The van der Waals surface area contributed by atoms with Gasteiger partial charge in [-0.25, -0.2) is 0 Å². The lowest BCUT2D eigenvalue weighted by Crippen LogP contribution is -2.36. The number of nitrogens with one attached hydrogen (secondary N) is 1. The molecule has 0 fully saturated rings. The molecule has 1 aliphatic rings. The zero-order valence-electron chi connectivity index (χ0n) is 11.7. The average molecular weight is 347 g/mol. The van der Waals surface area contributed by atoms with E-state index in [0.717, 1.165) is 4.90 Å². The summed E-state index contributed by atoms with van der Waals surface area (Å²) in [6, 6.07) is 6.48. The van der Waals surface area contributed by atoms with Gasteiger partial charge in [-0.2, -0.15) is 0 Å². The predicted molar refractivity (Wildman–Crippen MR) is 83.6 cm³/mol. The van der Waals surface area contributed by atoms with Crippen molar-refractivity contribution in [3.63, 3.8) is 0 Å². The molecule has 1 aromatic rings. The van der Waals surface area contributed by atoms with Crippen LogP contribution in [0, 0.1) is 0 Å². The maximum absolute atomic E-state index is 12.0. The van der Waals surface area contributed by atoms with Crippen LogP contribution in [-0.4, -0.2) is 54.8 Å². The Morgan fingerprint density at radius 2 is 1.73 bits per heavy atom. The molecule has 0 unspecified atom stereocenters. The molecule has 0 bridgehead atoms. The number of halogens is 2. The molecule has 2 amide bonds. The molecular weight excluding hydrogens is 331 g/mol. The van der Waals surface area contributed by atoms with Crippen LogP contribution in [0.25, 0.3) is 0 Å². The number of hydrogen-bond acceptors (Lipinski definition) is 5. The zero-order chi connectivity index (χ0) is 15.2. The predicted octanol–water partition coefficient (Wildman–Crippen LogP) is 1.08. The fourth-order valence-corrected chi connectivity index (χ4v) is 2.12. The molecular formula is C14H16Cl2N2O4. The number of esters is 1. The van der Waals surface area contributed by atoms with Crippen LogP contribution in [0.15, 0.2) is 24.3 Å². The number of hydrogen-bond donors (Lipinski definition) is 1. The van der Waals surface area contributed by atoms with Crippen LogP contribution in [0.5, 0.6) is 0 Å². The van der Waals surface area contributed by atoms with E-state index in [-0.39, 0.29) is 25.6 Å². The molecule has 0 aromatic heterocycles. The van der Waals surface area contributed by atoms with Gasteiger partial charge in [0.25, 0.3) is 11.8 Å². The molecule has 0 saturated carbocycles. The summed E-state index contributed by atoms with van der Waals surface area (Å²) in [5.74, 6) is -1.07. The lowest BCUT2D eigenvalue weighted by Gasteiger charge is -2.13. The largest absolute Gasteiger partial charge is 0.463 e. The summed E-state index contributed by atoms with van der Waals surface area (Å²) in [7, 11) is 0. The highest BCUT2D eigenvalue weighted by atomic mass is 35.5. The number of carbonyl (C=O) groups is 3. The average Bonchev–Trinajstić information content (AvgIpc) is 2.73. The first-order chi connectivity index (χ1) is 10.1. The van der Waals surface area contributed by atoms with Gasteiger partial charge in [0.2, 0.25) is 0 Å². The number of ether oxygens (including phenoxy) is 1. The second-order valence-electron chi connectivity index (χ2n) is 4.40. The van der Waals surface area contributed by atoms with Gasteiger partial charge >= 0.3 is 5.97 Å². The molecule has 0 aliphatic carbocycles. The van der Waals surface area contributed by atoms with E-state index in [9.17, 15) is 14.4 Å². The summed E-state index contributed by atoms with van der Waals surface area (Å²) >= 11 is 5.48. The van der Waals surface area contributed by atoms with Crippen molar-refractivity contribution >= 4 is 41.8 Å². The van der Waals surface area contributed by atoms with Crippen molar-refractivity contribution in [1.82, 2.24) is 10.2 Å². The van der Waals surface area contributed by atoms with Crippen LogP contribution in [0.3, 0.4) is 0 Å². The molecule has 120 valence electrons. The van der Waals surface area contributed by atoms with Gasteiger partial charge in [-0.05, 0) is 12.1 Å². The first-order valence-electron chi connectivity index (χ1n) is 6.52. The van der Waals surface area contributed by atoms with Crippen molar-refractivity contribution in [2.45, 2.75) is 0 Å². The molecule has 22 heavy (non-hydrogen) atoms. The molecule has 0 atom stereocenters. The van der Waals surface area contributed by atoms with E-state index in [0.29, 0.717) is 30.1 Å². The van der Waals surface area contributed by atoms with Crippen molar-refractivity contribution in [3.05, 3.63) is 35.4 Å². The topological polar surface area (TPSA) is 75.7 Å². The van der Waals surface area contributed by atoms with E-state index >= 15 is 0 Å². The number of rotatable bonds is 7. The molecule has 8 heteroatoms. The molecule has 2 rings (SSSR count). The molecule has 1 N–H and O–H groups in total. The quantitative estimate of drug-likeness (QED) is 0.346. The Balaban J connectivity index is 0.00000242. The molecule has 1 aromatic carbocycles. The van der Waals surface area contributed by atoms with Crippen molar-refractivity contribution in [3.8, 4) is 0 Å². The summed E-state index contributed by atoms with van der Waals surface area (Å²) < 4.78 is 4.96. The highest BCUT2D eigenvalue weighted by Crippen LogP contribution is 2.21. The number of nitrogens with zero attached hydrogens (tertiary/aromatic N) is 1. The third-order valence-corrected chi connectivity index (χ3v) is 3.17. The van der Waals surface area contributed by atoms with Crippen LogP contribution in [0.2, 0.25) is 0 Å². The first kappa shape index (κ1) is 18.4. The van der Waals surface area contributed by atoms with Gasteiger partial charge in [0, 0.05) is 19.0 Å². The molecule has 6 nitrogen and oxygen atoms in total. The smallest absolute Gasteiger partial charge is 0.326 e. The Kier molecular flexibility index (Phi) is 7.31. The number of imide groups is 1. The standard InChI is InChI=1S/C14H15ClN2O4.ClH/c15-5-6-16-7-8-21-12(18)9-17-13(19)10-3-1-2-4-11(10)14(17)20;/h1-4,16H,5-9H2;1H. The van der Waals surface area contributed by atoms with Crippen LogP contribution in [0.1, 0.15) is 20.7 Å². The second kappa shape index (κ2) is 8.73. The highest BCUT2D eigenvalue weighted by Gasteiger charge is 2.36. The monoisotopic (exact) mass is 346 g/mol. The van der Waals surface area contributed by atoms with Gasteiger partial charge in [-0.15, -0.1) is 24.0 Å². The number of alkyl halides is 1. The number of carbonyl (C=O) groups excluding carboxylic acids is 3. The normalized spacial score (nSPS) is 12.9. The third-order valence-electron chi connectivity index (χ3n) is 2.98. The second-order valence-corrected chi connectivity index (χ2v) is 4.78. The van der Waals surface area contributed by atoms with E-state index < -0.39 is 17.8 Å². The minimum Gasteiger partial charge on any atom is -0.463 e. The summed E-state index contributed by atoms with van der Waals surface area (Å²) in [4.78, 5) is 36.6. The van der Waals surface area contributed by atoms with E-state index in [1.807, 2.05) is 0 Å². The third kappa shape index (κ3) is 4.19. The van der Waals surface area contributed by atoms with E-state index in [4.69, 9.17) is 16.3 Å². The lowest BCUT2D eigenvalue weighted by atomic mass is 10.1. The number of benzene rings is 1. The SMILES string of the molecule is Cl.O=C(CN1C(=O)c2ccccc2C1=O)OCCNCCCl. The van der Waals surface area contributed by atoms with Gasteiger partial charge in [0.1, 0.15) is 13.2 Å². The van der Waals surface area contributed by atoms with Gasteiger partial charge < -0.3 is 10.1 Å². The fourth-order valence-electron chi connectivity index (χ4n) is 1.99. The Bertz CT molecular complexity index is 531. The van der Waals surface area contributed by atoms with E-state index in [1.165, 1.54) is 0 Å². The van der Waals surface area contributed by atoms with E-state index in [2.05, 4.69) is 5.32 Å². The molecule has 0 radical (unpaired) electrons. The first-order valence-corrected chi connectivity index (χ1v) is 7.06. The van der Waals surface area contributed by atoms with Gasteiger partial charge in [-0.3, -0.25) is 19.3 Å². The van der Waals surface area contributed by atoms with Crippen molar-refractivity contribution in [2.24, 2.45) is 0 Å². The Hall–Kier alpha value is -1.63. The van der Waals surface area contributed by atoms with Gasteiger partial charge in [-0.1, -0.05) is 12.1 Å². The summed E-state index contributed by atoms with van der Waals surface area (Å²) in [5.41, 5.74) is 0.637. The Morgan fingerprint density at radius 1 is 1.14 bits per heavy atom. The Labute approximate surface area is 139 Å². The highest BCUT2D eigenvalue weighted by molar-refractivity contribution is 6.22. The van der Waals surface area contributed by atoms with Crippen molar-refractivity contribution in [1.29, 1.82) is 0 Å². The zero-order valence-corrected chi connectivity index (χ0v) is 13.3. The Morgan fingerprint density at radius 3 is 2.27 bits per heavy atom. The lowest BCUT2D eigenvalue weighted by molar-refractivity contribution is -0.143. The summed E-state index contributed by atoms with van der Waals surface area (Å²) in [6.07, 6.45) is 0. The summed E-state index contributed by atoms with van der Waals surface area (Å²) in [5, 5.41) is 2.96. The van der Waals surface area contributed by atoms with Crippen LogP contribution < -0.4 is 5.32 Å². The van der Waals surface area contributed by atoms with Crippen molar-refractivity contribution < 1.29 is 19.1 Å². The summed E-state index contributed by atoms with van der Waals surface area (Å²) in [6.45, 7) is 0.888. The van der Waals surface area contributed by atoms with Gasteiger partial charge in [0.05, 0.1) is 11.1 Å². The van der Waals surface area contributed by atoms with Crippen molar-refractivity contribution in [2.75, 3.05) is 32.1 Å². The molecule has 1 aliphatic heterocycles. The fraction of sp³-hybridized carbons (Fsp3) is 0.357. The number of amides is 2. The van der Waals surface area contributed by atoms with Crippen LogP contribution in [0.4, 0.5) is 0 Å². The van der Waals surface area contributed by atoms with E-state index in [1.54, 1.807) is 24.3 Å². The van der Waals surface area contributed by atoms with Crippen LogP contribution in [-0.2, 0) is 9.53 Å². The maximum atomic E-state index is 12.0. The van der Waals surface area contributed by atoms with Gasteiger partial charge in [0.15, 0.2) is 0 Å². The number of fused-ring (bicyclic) bond motifs is 1. The molecule has 0 spiro atoms. The minimum absolute atomic E-state index is 0. The van der Waals surface area contributed by atoms with Crippen LogP contribution >= 0.6 is 24.0 Å². The maximum Gasteiger partial charge on any atom is 0.326 e. The molecule has 1 heterocycles. The minimum atomic E-state index is -0.614.